The Morgan fingerprint density at radius 2 is 2.00 bits per heavy atom. The fraction of sp³-hybridized carbons (Fsp3) is 0.615. The third-order valence-corrected chi connectivity index (χ3v) is 4.79. The van der Waals surface area contributed by atoms with Crippen LogP contribution in [0.25, 0.3) is 0 Å². The molecule has 0 bridgehead atoms. The molecule has 1 aromatic heterocycles. The molecular formula is C13H21BrN2OS. The molecule has 0 aliphatic carbocycles. The zero-order valence-electron chi connectivity index (χ0n) is 11.5. The zero-order chi connectivity index (χ0) is 13.7. The maximum Gasteiger partial charge on any atom is 0.264 e. The smallest absolute Gasteiger partial charge is 0.264 e. The minimum absolute atomic E-state index is 0.150. The molecule has 0 aliphatic rings. The van der Waals surface area contributed by atoms with E-state index in [2.05, 4.69) is 27.8 Å². The summed E-state index contributed by atoms with van der Waals surface area (Å²) in [6, 6.07) is 1.97. The second-order valence-corrected chi connectivity index (χ2v) is 7.03. The molecule has 0 aliphatic heterocycles. The van der Waals surface area contributed by atoms with E-state index in [1.807, 2.05) is 32.0 Å². The molecule has 0 aromatic carbocycles. The number of carbonyl (C=O) groups is 1. The van der Waals surface area contributed by atoms with E-state index in [9.17, 15) is 4.79 Å². The second kappa shape index (κ2) is 7.26. The van der Waals surface area contributed by atoms with Crippen molar-refractivity contribution in [3.63, 3.8) is 0 Å². The monoisotopic (exact) mass is 332 g/mol. The summed E-state index contributed by atoms with van der Waals surface area (Å²) in [6.07, 6.45) is 0.991. The summed E-state index contributed by atoms with van der Waals surface area (Å²) in [6.45, 7) is 6.62. The average Bonchev–Trinajstić information content (AvgIpc) is 2.64. The normalized spacial score (nSPS) is 11.0. The van der Waals surface area contributed by atoms with Crippen LogP contribution in [-0.2, 0) is 0 Å². The van der Waals surface area contributed by atoms with Crippen molar-refractivity contribution in [2.75, 3.05) is 33.7 Å². The van der Waals surface area contributed by atoms with E-state index >= 15 is 0 Å². The summed E-state index contributed by atoms with van der Waals surface area (Å²) in [5.74, 6) is 0.150. The molecule has 0 radical (unpaired) electrons. The average molecular weight is 333 g/mol. The molecule has 1 amide bonds. The van der Waals surface area contributed by atoms with Gasteiger partial charge in [0.1, 0.15) is 0 Å². The van der Waals surface area contributed by atoms with Crippen LogP contribution in [-0.4, -0.2) is 49.4 Å². The molecule has 0 atom stereocenters. The fourth-order valence-corrected chi connectivity index (χ4v) is 3.13. The number of carbonyl (C=O) groups excluding carboxylic acids is 1. The van der Waals surface area contributed by atoms with E-state index in [0.29, 0.717) is 0 Å². The van der Waals surface area contributed by atoms with E-state index < -0.39 is 0 Å². The van der Waals surface area contributed by atoms with Crippen molar-refractivity contribution >= 4 is 33.2 Å². The Morgan fingerprint density at radius 3 is 2.44 bits per heavy atom. The van der Waals surface area contributed by atoms with Crippen LogP contribution in [0.4, 0.5) is 0 Å². The summed E-state index contributed by atoms with van der Waals surface area (Å²) < 4.78 is 1.05. The molecular weight excluding hydrogens is 312 g/mol. The van der Waals surface area contributed by atoms with Crippen LogP contribution >= 0.6 is 27.3 Å². The SMILES string of the molecule is CCCN(CCN(C)C)C(=O)c1cc(C)c(Br)s1. The van der Waals surface area contributed by atoms with E-state index in [1.165, 1.54) is 11.3 Å². The molecule has 0 unspecified atom stereocenters. The molecule has 1 aromatic rings. The Labute approximate surface area is 122 Å². The van der Waals surface area contributed by atoms with Gasteiger partial charge in [0.05, 0.1) is 8.66 Å². The number of halogens is 1. The largest absolute Gasteiger partial charge is 0.337 e. The highest BCUT2D eigenvalue weighted by Gasteiger charge is 2.18. The van der Waals surface area contributed by atoms with Gasteiger partial charge in [0.15, 0.2) is 0 Å². The lowest BCUT2D eigenvalue weighted by Crippen LogP contribution is -2.36. The van der Waals surface area contributed by atoms with Gasteiger partial charge in [-0.1, -0.05) is 6.92 Å². The van der Waals surface area contributed by atoms with Crippen molar-refractivity contribution in [1.29, 1.82) is 0 Å². The molecule has 0 fully saturated rings. The Balaban J connectivity index is 2.75. The molecule has 0 N–H and O–H groups in total. The highest BCUT2D eigenvalue weighted by molar-refractivity contribution is 9.11. The Kier molecular flexibility index (Phi) is 6.32. The molecule has 0 saturated heterocycles. The van der Waals surface area contributed by atoms with Gasteiger partial charge in [0.25, 0.3) is 5.91 Å². The van der Waals surface area contributed by atoms with Gasteiger partial charge in [-0.05, 0) is 55.0 Å². The quantitative estimate of drug-likeness (QED) is 0.798. The Hall–Kier alpha value is -0.390. The molecule has 3 nitrogen and oxygen atoms in total. The lowest BCUT2D eigenvalue weighted by molar-refractivity contribution is 0.0750. The number of aryl methyl sites for hydroxylation is 1. The van der Waals surface area contributed by atoms with Crippen LogP contribution in [0.3, 0.4) is 0 Å². The van der Waals surface area contributed by atoms with E-state index in [-0.39, 0.29) is 5.91 Å². The Morgan fingerprint density at radius 1 is 1.33 bits per heavy atom. The van der Waals surface area contributed by atoms with Crippen molar-refractivity contribution < 1.29 is 4.79 Å². The standard InChI is InChI=1S/C13H21BrN2OS/c1-5-6-16(8-7-15(3)4)13(17)11-9-10(2)12(14)18-11/h9H,5-8H2,1-4H3. The van der Waals surface area contributed by atoms with Crippen molar-refractivity contribution in [2.24, 2.45) is 0 Å². The predicted molar refractivity (Wildman–Crippen MR) is 81.5 cm³/mol. The number of thiophene rings is 1. The van der Waals surface area contributed by atoms with E-state index in [4.69, 9.17) is 0 Å². The van der Waals surface area contributed by atoms with Gasteiger partial charge in [0.2, 0.25) is 0 Å². The molecule has 18 heavy (non-hydrogen) atoms. The fourth-order valence-electron chi connectivity index (χ4n) is 1.63. The zero-order valence-corrected chi connectivity index (χ0v) is 13.9. The number of hydrogen-bond donors (Lipinski definition) is 0. The van der Waals surface area contributed by atoms with E-state index in [1.54, 1.807) is 0 Å². The van der Waals surface area contributed by atoms with Gasteiger partial charge in [-0.3, -0.25) is 4.79 Å². The van der Waals surface area contributed by atoms with Crippen LogP contribution in [0.15, 0.2) is 9.85 Å². The van der Waals surface area contributed by atoms with Crippen molar-refractivity contribution in [2.45, 2.75) is 20.3 Å². The summed E-state index contributed by atoms with van der Waals surface area (Å²) in [4.78, 5) is 17.3. The maximum atomic E-state index is 12.4. The van der Waals surface area contributed by atoms with Crippen LogP contribution in [0.1, 0.15) is 28.6 Å². The molecule has 1 rings (SSSR count). The first-order chi connectivity index (χ1) is 8.45. The molecule has 1 heterocycles. The minimum Gasteiger partial charge on any atom is -0.337 e. The summed E-state index contributed by atoms with van der Waals surface area (Å²) >= 11 is 5.00. The summed E-state index contributed by atoms with van der Waals surface area (Å²) in [5, 5.41) is 0. The number of amides is 1. The number of nitrogens with zero attached hydrogens (tertiary/aromatic N) is 2. The van der Waals surface area contributed by atoms with Gasteiger partial charge in [-0.15, -0.1) is 11.3 Å². The van der Waals surface area contributed by atoms with Crippen LogP contribution in [0.2, 0.25) is 0 Å². The van der Waals surface area contributed by atoms with E-state index in [0.717, 1.165) is 40.3 Å². The highest BCUT2D eigenvalue weighted by atomic mass is 79.9. The van der Waals surface area contributed by atoms with Crippen molar-refractivity contribution in [1.82, 2.24) is 9.80 Å². The first-order valence-corrected chi connectivity index (χ1v) is 7.76. The van der Waals surface area contributed by atoms with Crippen LogP contribution < -0.4 is 0 Å². The first kappa shape index (κ1) is 15.7. The third-order valence-electron chi connectivity index (χ3n) is 2.67. The molecule has 0 saturated carbocycles. The molecule has 0 spiro atoms. The lowest BCUT2D eigenvalue weighted by atomic mass is 10.3. The molecule has 102 valence electrons. The third kappa shape index (κ3) is 4.37. The second-order valence-electron chi connectivity index (χ2n) is 4.66. The Bertz CT molecular complexity index is 384. The predicted octanol–water partition coefficient (Wildman–Crippen LogP) is 3.23. The minimum atomic E-state index is 0.150. The summed E-state index contributed by atoms with van der Waals surface area (Å²) in [7, 11) is 4.06. The number of rotatable bonds is 6. The van der Waals surface area contributed by atoms with Crippen molar-refractivity contribution in [3.05, 3.63) is 20.3 Å². The topological polar surface area (TPSA) is 23.6 Å². The van der Waals surface area contributed by atoms with Gasteiger partial charge >= 0.3 is 0 Å². The number of hydrogen-bond acceptors (Lipinski definition) is 3. The van der Waals surface area contributed by atoms with Crippen LogP contribution in [0.5, 0.6) is 0 Å². The van der Waals surface area contributed by atoms with Gasteiger partial charge in [-0.25, -0.2) is 0 Å². The highest BCUT2D eigenvalue weighted by Crippen LogP contribution is 2.28. The van der Waals surface area contributed by atoms with Gasteiger partial charge in [0, 0.05) is 19.6 Å². The number of likely N-dealkylation sites (N-methyl/N-ethyl adjacent to an activating group) is 1. The lowest BCUT2D eigenvalue weighted by Gasteiger charge is -2.23. The van der Waals surface area contributed by atoms with Gasteiger partial charge in [-0.2, -0.15) is 0 Å². The maximum absolute atomic E-state index is 12.4. The van der Waals surface area contributed by atoms with Crippen LogP contribution in [0, 0.1) is 6.92 Å². The van der Waals surface area contributed by atoms with Gasteiger partial charge < -0.3 is 9.80 Å². The summed E-state index contributed by atoms with van der Waals surface area (Å²) in [5.41, 5.74) is 1.13. The molecule has 5 heteroatoms. The first-order valence-electron chi connectivity index (χ1n) is 6.15. The van der Waals surface area contributed by atoms with Crippen molar-refractivity contribution in [3.8, 4) is 0 Å².